The summed E-state index contributed by atoms with van der Waals surface area (Å²) in [6.45, 7) is 9.50. The predicted molar refractivity (Wildman–Crippen MR) is 120 cm³/mol. The lowest BCUT2D eigenvalue weighted by molar-refractivity contribution is 0.0303. The fourth-order valence-electron chi connectivity index (χ4n) is 3.11. The summed E-state index contributed by atoms with van der Waals surface area (Å²) in [6, 6.07) is 7.80. The third-order valence-electron chi connectivity index (χ3n) is 4.69. The average Bonchev–Trinajstić information content (AvgIpc) is 3.10. The van der Waals surface area contributed by atoms with Gasteiger partial charge in [-0.2, -0.15) is 0 Å². The van der Waals surface area contributed by atoms with Crippen LogP contribution in [-0.4, -0.2) is 57.8 Å². The number of carbonyl (C=O) groups is 1. The fraction of sp³-hybridized carbons (Fsp3) is 0.409. The van der Waals surface area contributed by atoms with Crippen LogP contribution in [0, 0.1) is 0 Å². The second-order valence-corrected chi connectivity index (χ2v) is 8.22. The van der Waals surface area contributed by atoms with Gasteiger partial charge >= 0.3 is 6.09 Å². The van der Waals surface area contributed by atoms with Crippen molar-refractivity contribution in [1.29, 1.82) is 0 Å². The Balaban J connectivity index is 1.75. The zero-order valence-electron chi connectivity index (χ0n) is 18.3. The van der Waals surface area contributed by atoms with Crippen molar-refractivity contribution in [2.75, 3.05) is 37.3 Å². The molecule has 8 heteroatoms. The smallest absolute Gasteiger partial charge is 0.410 e. The van der Waals surface area contributed by atoms with Crippen LogP contribution in [0.2, 0.25) is 0 Å². The van der Waals surface area contributed by atoms with Gasteiger partial charge in [0.15, 0.2) is 5.82 Å². The third kappa shape index (κ3) is 5.00. The second-order valence-electron chi connectivity index (χ2n) is 8.22. The highest BCUT2D eigenvalue weighted by atomic mass is 16.6. The summed E-state index contributed by atoms with van der Waals surface area (Å²) in [5.41, 5.74) is 7.12. The molecule has 160 valence electrons. The number of amides is 1. The van der Waals surface area contributed by atoms with Crippen molar-refractivity contribution in [3.8, 4) is 5.82 Å². The van der Waals surface area contributed by atoms with Gasteiger partial charge in [-0.05, 0) is 52.0 Å². The molecule has 1 aromatic carbocycles. The summed E-state index contributed by atoms with van der Waals surface area (Å²) in [5.74, 6) is 1.48. The Hall–Kier alpha value is -3.29. The van der Waals surface area contributed by atoms with E-state index in [9.17, 15) is 4.79 Å². The van der Waals surface area contributed by atoms with Gasteiger partial charge in [0.2, 0.25) is 0 Å². The second kappa shape index (κ2) is 8.61. The molecule has 0 saturated heterocycles. The van der Waals surface area contributed by atoms with Crippen molar-refractivity contribution < 1.29 is 9.53 Å². The lowest BCUT2D eigenvalue weighted by Crippen LogP contribution is -2.39. The molecule has 0 atom stereocenters. The molecule has 0 bridgehead atoms. The summed E-state index contributed by atoms with van der Waals surface area (Å²) < 4.78 is 7.41. The number of nitrogens with zero attached hydrogens (tertiary/aromatic N) is 5. The number of likely N-dealkylation sites (N-methyl/N-ethyl adjacent to an activating group) is 2. The van der Waals surface area contributed by atoms with Gasteiger partial charge in [-0.1, -0.05) is 0 Å². The van der Waals surface area contributed by atoms with Gasteiger partial charge in [0.25, 0.3) is 0 Å². The molecule has 0 aliphatic carbocycles. The van der Waals surface area contributed by atoms with E-state index in [4.69, 9.17) is 15.5 Å². The Labute approximate surface area is 177 Å². The molecule has 0 fully saturated rings. The minimum atomic E-state index is -0.514. The first-order valence-corrected chi connectivity index (χ1v) is 10.1. The summed E-state index contributed by atoms with van der Waals surface area (Å²) in [4.78, 5) is 25.1. The molecule has 2 aromatic heterocycles. The normalized spacial score (nSPS) is 11.5. The maximum atomic E-state index is 12.2. The van der Waals surface area contributed by atoms with Crippen molar-refractivity contribution in [3.05, 3.63) is 42.9 Å². The average molecular weight is 411 g/mol. The van der Waals surface area contributed by atoms with Gasteiger partial charge in [-0.25, -0.2) is 9.78 Å². The molecule has 2 heterocycles. The van der Waals surface area contributed by atoms with Crippen LogP contribution >= 0.6 is 0 Å². The minimum absolute atomic E-state index is 0.337. The maximum absolute atomic E-state index is 12.2. The van der Waals surface area contributed by atoms with E-state index in [0.29, 0.717) is 13.1 Å². The van der Waals surface area contributed by atoms with Crippen LogP contribution < -0.4 is 10.6 Å². The standard InChI is InChI=1S/C22H30N6O2/c1-6-27(12-11-26(5)21(29)30-22(2,3)4)19-14-24-15-20(25-19)28-10-9-16-13-17(23)7-8-18(16)28/h7-10,13-15H,6,11-12,23H2,1-5H3. The molecule has 3 rings (SSSR count). The summed E-state index contributed by atoms with van der Waals surface area (Å²) in [6.07, 6.45) is 5.10. The number of anilines is 2. The number of carbonyl (C=O) groups excluding carboxylic acids is 1. The summed E-state index contributed by atoms with van der Waals surface area (Å²) in [5, 5.41) is 1.05. The van der Waals surface area contributed by atoms with Gasteiger partial charge in [0.05, 0.1) is 17.9 Å². The van der Waals surface area contributed by atoms with Crippen LogP contribution in [0.15, 0.2) is 42.9 Å². The van der Waals surface area contributed by atoms with Crippen molar-refractivity contribution in [2.45, 2.75) is 33.3 Å². The third-order valence-corrected chi connectivity index (χ3v) is 4.69. The first kappa shape index (κ1) is 21.4. The largest absolute Gasteiger partial charge is 0.444 e. The number of nitrogens with two attached hydrogens (primary N) is 1. The van der Waals surface area contributed by atoms with Crippen molar-refractivity contribution in [1.82, 2.24) is 19.4 Å². The van der Waals surface area contributed by atoms with Crippen LogP contribution in [0.1, 0.15) is 27.7 Å². The molecule has 0 aliphatic heterocycles. The van der Waals surface area contributed by atoms with E-state index in [1.54, 1.807) is 24.3 Å². The first-order valence-electron chi connectivity index (χ1n) is 10.1. The molecule has 8 nitrogen and oxygen atoms in total. The van der Waals surface area contributed by atoms with Crippen LogP contribution in [-0.2, 0) is 4.74 Å². The number of hydrogen-bond acceptors (Lipinski definition) is 6. The summed E-state index contributed by atoms with van der Waals surface area (Å²) in [7, 11) is 1.74. The Morgan fingerprint density at radius 2 is 1.97 bits per heavy atom. The Kier molecular flexibility index (Phi) is 6.14. The van der Waals surface area contributed by atoms with Crippen LogP contribution in [0.5, 0.6) is 0 Å². The van der Waals surface area contributed by atoms with Gasteiger partial charge in [0, 0.05) is 44.0 Å². The number of aromatic nitrogens is 3. The highest BCUT2D eigenvalue weighted by Crippen LogP contribution is 2.22. The van der Waals surface area contributed by atoms with E-state index in [0.717, 1.165) is 34.8 Å². The molecule has 0 radical (unpaired) electrons. The monoisotopic (exact) mass is 410 g/mol. The molecular weight excluding hydrogens is 380 g/mol. The maximum Gasteiger partial charge on any atom is 0.410 e. The molecule has 2 N–H and O–H groups in total. The number of hydrogen-bond donors (Lipinski definition) is 1. The first-order chi connectivity index (χ1) is 14.2. The van der Waals surface area contributed by atoms with Gasteiger partial charge in [0.1, 0.15) is 11.4 Å². The van der Waals surface area contributed by atoms with Gasteiger partial charge in [-0.3, -0.25) is 9.55 Å². The van der Waals surface area contributed by atoms with Crippen LogP contribution in [0.25, 0.3) is 16.7 Å². The predicted octanol–water partition coefficient (Wildman–Crippen LogP) is 3.70. The van der Waals surface area contributed by atoms with Gasteiger partial charge in [-0.15, -0.1) is 0 Å². The molecule has 30 heavy (non-hydrogen) atoms. The molecular formula is C22H30N6O2. The molecule has 0 spiro atoms. The van der Waals surface area contributed by atoms with Crippen LogP contribution in [0.4, 0.5) is 16.3 Å². The molecule has 1 amide bonds. The fourth-order valence-corrected chi connectivity index (χ4v) is 3.11. The van der Waals surface area contributed by atoms with Crippen molar-refractivity contribution in [3.63, 3.8) is 0 Å². The quantitative estimate of drug-likeness (QED) is 0.623. The molecule has 3 aromatic rings. The highest BCUT2D eigenvalue weighted by molar-refractivity contribution is 5.84. The minimum Gasteiger partial charge on any atom is -0.444 e. The van der Waals surface area contributed by atoms with Crippen molar-refractivity contribution in [2.24, 2.45) is 0 Å². The number of nitrogen functional groups attached to an aromatic ring is 1. The number of fused-ring (bicyclic) bond motifs is 1. The Morgan fingerprint density at radius 1 is 1.20 bits per heavy atom. The topological polar surface area (TPSA) is 89.5 Å². The van der Waals surface area contributed by atoms with Gasteiger partial charge < -0.3 is 20.3 Å². The number of rotatable bonds is 6. The van der Waals surface area contributed by atoms with E-state index in [1.807, 2.05) is 55.8 Å². The lowest BCUT2D eigenvalue weighted by Gasteiger charge is -2.27. The lowest BCUT2D eigenvalue weighted by atomic mass is 10.2. The van der Waals surface area contributed by atoms with E-state index >= 15 is 0 Å². The SMILES string of the molecule is CCN(CCN(C)C(=O)OC(C)(C)C)c1cncc(-n2ccc3cc(N)ccc32)n1. The van der Waals surface area contributed by atoms with Crippen LogP contribution in [0.3, 0.4) is 0 Å². The van der Waals surface area contributed by atoms with E-state index in [1.165, 1.54) is 0 Å². The molecule has 0 unspecified atom stereocenters. The van der Waals surface area contributed by atoms with E-state index in [2.05, 4.69) is 16.8 Å². The Bertz CT molecular complexity index is 1020. The summed E-state index contributed by atoms with van der Waals surface area (Å²) >= 11 is 0. The molecule has 0 saturated carbocycles. The number of benzene rings is 1. The van der Waals surface area contributed by atoms with E-state index in [-0.39, 0.29) is 6.09 Å². The molecule has 0 aliphatic rings. The van der Waals surface area contributed by atoms with E-state index < -0.39 is 5.60 Å². The highest BCUT2D eigenvalue weighted by Gasteiger charge is 2.20. The Morgan fingerprint density at radius 3 is 2.67 bits per heavy atom. The number of ether oxygens (including phenoxy) is 1. The van der Waals surface area contributed by atoms with Crippen molar-refractivity contribution >= 4 is 28.5 Å². The zero-order chi connectivity index (χ0) is 21.9. The zero-order valence-corrected chi connectivity index (χ0v) is 18.3.